The summed E-state index contributed by atoms with van der Waals surface area (Å²) in [6.45, 7) is 4.01. The van der Waals surface area contributed by atoms with Crippen molar-refractivity contribution in [3.63, 3.8) is 0 Å². The fourth-order valence-corrected chi connectivity index (χ4v) is 3.58. The number of carbonyl (C=O) groups is 1. The topological polar surface area (TPSA) is 83.0 Å². The van der Waals surface area contributed by atoms with Crippen LogP contribution in [0, 0.1) is 0 Å². The third-order valence-electron chi connectivity index (χ3n) is 5.00. The quantitative estimate of drug-likeness (QED) is 0.889. The summed E-state index contributed by atoms with van der Waals surface area (Å²) in [5, 5.41) is 6.77. The van der Waals surface area contributed by atoms with Crippen LogP contribution in [0.15, 0.2) is 30.6 Å². The van der Waals surface area contributed by atoms with Crippen LogP contribution >= 0.6 is 0 Å². The molecule has 0 aliphatic carbocycles. The van der Waals surface area contributed by atoms with Gasteiger partial charge in [0.1, 0.15) is 5.82 Å². The summed E-state index contributed by atoms with van der Waals surface area (Å²) in [5.41, 5.74) is 2.18. The number of amides is 1. The number of piperidine rings is 1. The summed E-state index contributed by atoms with van der Waals surface area (Å²) >= 11 is 0. The molecule has 7 nitrogen and oxygen atoms in total. The molecule has 0 saturated carbocycles. The molecule has 0 bridgehead atoms. The van der Waals surface area contributed by atoms with Crippen molar-refractivity contribution in [2.45, 2.75) is 31.7 Å². The van der Waals surface area contributed by atoms with Gasteiger partial charge in [0.05, 0.1) is 5.69 Å². The average molecular weight is 338 g/mol. The number of fused-ring (bicyclic) bond motifs is 1. The van der Waals surface area contributed by atoms with E-state index in [9.17, 15) is 4.79 Å². The highest BCUT2D eigenvalue weighted by Gasteiger charge is 2.26. The monoisotopic (exact) mass is 338 g/mol. The van der Waals surface area contributed by atoms with Gasteiger partial charge in [0.25, 0.3) is 0 Å². The van der Waals surface area contributed by atoms with Crippen molar-refractivity contribution in [1.82, 2.24) is 19.9 Å². The second kappa shape index (κ2) is 6.66. The number of anilines is 2. The Morgan fingerprint density at radius 2 is 2.08 bits per heavy atom. The highest BCUT2D eigenvalue weighted by Crippen LogP contribution is 2.33. The fraction of sp³-hybridized carbons (Fsp3) is 0.444. The minimum absolute atomic E-state index is 0.151. The number of aromatic nitrogens is 3. The van der Waals surface area contributed by atoms with Gasteiger partial charge in [-0.3, -0.25) is 4.79 Å². The molecule has 1 atom stereocenters. The first-order valence-electron chi connectivity index (χ1n) is 8.74. The van der Waals surface area contributed by atoms with Crippen LogP contribution in [-0.4, -0.2) is 51.4 Å². The number of carbonyl (C=O) groups excluding carboxylic acids is 1. The first-order chi connectivity index (χ1) is 12.2. The highest BCUT2D eigenvalue weighted by atomic mass is 16.2. The Bertz CT molecular complexity index is 772. The summed E-state index contributed by atoms with van der Waals surface area (Å²) in [5.74, 6) is 1.96. The number of pyridine rings is 1. The molecule has 1 unspecified atom stereocenters. The van der Waals surface area contributed by atoms with E-state index in [1.54, 1.807) is 13.1 Å². The van der Waals surface area contributed by atoms with E-state index in [2.05, 4.69) is 26.7 Å². The zero-order valence-corrected chi connectivity index (χ0v) is 14.3. The van der Waals surface area contributed by atoms with Gasteiger partial charge in [0.15, 0.2) is 0 Å². The molecule has 25 heavy (non-hydrogen) atoms. The predicted molar refractivity (Wildman–Crippen MR) is 95.5 cm³/mol. The molecule has 1 saturated heterocycles. The molecular weight excluding hydrogens is 316 g/mol. The van der Waals surface area contributed by atoms with Gasteiger partial charge in [-0.1, -0.05) is 6.07 Å². The van der Waals surface area contributed by atoms with Gasteiger partial charge in [-0.05, 0) is 25.0 Å². The molecule has 2 aromatic heterocycles. The van der Waals surface area contributed by atoms with E-state index in [1.165, 1.54) is 5.56 Å². The maximum absolute atomic E-state index is 11.4. The Morgan fingerprint density at radius 3 is 2.88 bits per heavy atom. The van der Waals surface area contributed by atoms with Crippen LogP contribution in [0.5, 0.6) is 0 Å². The van der Waals surface area contributed by atoms with Crippen LogP contribution in [0.1, 0.15) is 36.9 Å². The Hall–Kier alpha value is -2.70. The van der Waals surface area contributed by atoms with E-state index in [4.69, 9.17) is 4.98 Å². The fourth-order valence-electron chi connectivity index (χ4n) is 3.58. The third kappa shape index (κ3) is 3.26. The molecule has 4 heterocycles. The van der Waals surface area contributed by atoms with Crippen molar-refractivity contribution >= 4 is 17.7 Å². The second-order valence-electron chi connectivity index (χ2n) is 6.60. The van der Waals surface area contributed by atoms with Gasteiger partial charge in [0.2, 0.25) is 11.9 Å². The molecule has 130 valence electrons. The number of hydrogen-bond donors (Lipinski definition) is 2. The summed E-state index contributed by atoms with van der Waals surface area (Å²) in [6, 6.07) is 6.33. The SMILES string of the molecule is CC(=O)N1CCC(Nc2nccc(C3CNc4ncccc43)n2)CC1. The molecule has 0 aromatic carbocycles. The number of likely N-dealkylation sites (tertiary alicyclic amines) is 1. The summed E-state index contributed by atoms with van der Waals surface area (Å²) < 4.78 is 0. The van der Waals surface area contributed by atoms with Crippen LogP contribution in [0.3, 0.4) is 0 Å². The number of nitrogens with zero attached hydrogens (tertiary/aromatic N) is 4. The highest BCUT2D eigenvalue weighted by molar-refractivity contribution is 5.73. The molecule has 2 N–H and O–H groups in total. The van der Waals surface area contributed by atoms with Crippen LogP contribution in [-0.2, 0) is 4.79 Å². The van der Waals surface area contributed by atoms with Crippen molar-refractivity contribution in [2.24, 2.45) is 0 Å². The van der Waals surface area contributed by atoms with E-state index < -0.39 is 0 Å². The number of rotatable bonds is 3. The van der Waals surface area contributed by atoms with E-state index in [0.717, 1.165) is 44.0 Å². The van der Waals surface area contributed by atoms with Crippen LogP contribution in [0.2, 0.25) is 0 Å². The van der Waals surface area contributed by atoms with Crippen molar-refractivity contribution in [1.29, 1.82) is 0 Å². The van der Waals surface area contributed by atoms with Crippen molar-refractivity contribution < 1.29 is 4.79 Å². The lowest BCUT2D eigenvalue weighted by atomic mass is 9.99. The lowest BCUT2D eigenvalue weighted by molar-refractivity contribution is -0.129. The van der Waals surface area contributed by atoms with Crippen LogP contribution in [0.4, 0.5) is 11.8 Å². The maximum atomic E-state index is 11.4. The van der Waals surface area contributed by atoms with Gasteiger partial charge >= 0.3 is 0 Å². The second-order valence-corrected chi connectivity index (χ2v) is 6.60. The number of hydrogen-bond acceptors (Lipinski definition) is 6. The van der Waals surface area contributed by atoms with Gasteiger partial charge in [-0.2, -0.15) is 0 Å². The molecule has 0 spiro atoms. The summed E-state index contributed by atoms with van der Waals surface area (Å²) in [6.07, 6.45) is 5.45. The standard InChI is InChI=1S/C18H22N6O/c1-12(25)24-9-5-13(6-10-24)22-18-20-8-4-16(23-18)15-11-21-17-14(15)3-2-7-19-17/h2-4,7-8,13,15H,5-6,9-11H2,1H3,(H,19,21)(H,20,22,23). The van der Waals surface area contributed by atoms with E-state index in [0.29, 0.717) is 12.0 Å². The van der Waals surface area contributed by atoms with Gasteiger partial charge in [-0.15, -0.1) is 0 Å². The lowest BCUT2D eigenvalue weighted by Crippen LogP contribution is -2.41. The predicted octanol–water partition coefficient (Wildman–Crippen LogP) is 1.85. The third-order valence-corrected chi connectivity index (χ3v) is 5.00. The maximum Gasteiger partial charge on any atom is 0.223 e. The molecule has 1 fully saturated rings. The molecule has 2 aromatic rings. The Balaban J connectivity index is 1.45. The first-order valence-corrected chi connectivity index (χ1v) is 8.74. The van der Waals surface area contributed by atoms with E-state index in [-0.39, 0.29) is 11.8 Å². The van der Waals surface area contributed by atoms with Crippen molar-refractivity contribution in [3.05, 3.63) is 41.9 Å². The molecular formula is C18H22N6O. The Labute approximate surface area is 146 Å². The normalized spacial score (nSPS) is 20.0. The van der Waals surface area contributed by atoms with E-state index >= 15 is 0 Å². The minimum atomic E-state index is 0.151. The molecule has 2 aliphatic heterocycles. The minimum Gasteiger partial charge on any atom is -0.369 e. The number of nitrogens with one attached hydrogen (secondary N) is 2. The average Bonchev–Trinajstić information content (AvgIpc) is 3.06. The van der Waals surface area contributed by atoms with E-state index in [1.807, 2.05) is 23.2 Å². The molecule has 1 amide bonds. The Morgan fingerprint density at radius 1 is 1.24 bits per heavy atom. The van der Waals surface area contributed by atoms with Crippen LogP contribution in [0.25, 0.3) is 0 Å². The van der Waals surface area contributed by atoms with Gasteiger partial charge < -0.3 is 15.5 Å². The van der Waals surface area contributed by atoms with Gasteiger partial charge in [-0.25, -0.2) is 15.0 Å². The van der Waals surface area contributed by atoms with Gasteiger partial charge in [0, 0.05) is 56.5 Å². The summed E-state index contributed by atoms with van der Waals surface area (Å²) in [7, 11) is 0. The van der Waals surface area contributed by atoms with Crippen LogP contribution < -0.4 is 10.6 Å². The molecule has 2 aliphatic rings. The lowest BCUT2D eigenvalue weighted by Gasteiger charge is -2.31. The summed E-state index contributed by atoms with van der Waals surface area (Å²) in [4.78, 5) is 26.8. The Kier molecular flexibility index (Phi) is 4.21. The first kappa shape index (κ1) is 15.8. The smallest absolute Gasteiger partial charge is 0.223 e. The zero-order valence-electron chi connectivity index (χ0n) is 14.3. The molecule has 7 heteroatoms. The largest absolute Gasteiger partial charge is 0.369 e. The molecule has 0 radical (unpaired) electrons. The van der Waals surface area contributed by atoms with Crippen molar-refractivity contribution in [3.8, 4) is 0 Å². The van der Waals surface area contributed by atoms with Crippen molar-refractivity contribution in [2.75, 3.05) is 30.3 Å². The molecule has 4 rings (SSSR count). The zero-order chi connectivity index (χ0) is 17.2.